The maximum absolute atomic E-state index is 12.3. The molecule has 0 radical (unpaired) electrons. The first-order valence-electron chi connectivity index (χ1n) is 5.63. The lowest BCUT2D eigenvalue weighted by Gasteiger charge is -2.21. The molecule has 3 unspecified atom stereocenters. The second-order valence-electron chi connectivity index (χ2n) is 4.60. The van der Waals surface area contributed by atoms with Gasteiger partial charge in [0.1, 0.15) is 0 Å². The van der Waals surface area contributed by atoms with Crippen molar-refractivity contribution in [2.24, 2.45) is 5.92 Å². The van der Waals surface area contributed by atoms with Gasteiger partial charge in [-0.1, -0.05) is 19.8 Å². The Bertz CT molecular complexity index is 161. The van der Waals surface area contributed by atoms with Crippen LogP contribution in [0.15, 0.2) is 0 Å². The van der Waals surface area contributed by atoms with E-state index in [2.05, 4.69) is 12.2 Å². The normalized spacial score (nSPS) is 31.5. The summed E-state index contributed by atoms with van der Waals surface area (Å²) in [7, 11) is 0. The minimum Gasteiger partial charge on any atom is -0.306 e. The lowest BCUT2D eigenvalue weighted by atomic mass is 10.0. The predicted octanol–water partition coefficient (Wildman–Crippen LogP) is 3.20. The Morgan fingerprint density at radius 2 is 1.86 bits per heavy atom. The zero-order chi connectivity index (χ0) is 10.6. The summed E-state index contributed by atoms with van der Waals surface area (Å²) in [6, 6.07) is -0.350. The summed E-state index contributed by atoms with van der Waals surface area (Å²) in [5, 5.41) is 3.03. The lowest BCUT2D eigenvalue weighted by Crippen LogP contribution is -2.40. The molecular weight excluding hydrogens is 184 g/mol. The topological polar surface area (TPSA) is 12.0 Å². The molecule has 1 fully saturated rings. The van der Waals surface area contributed by atoms with Crippen LogP contribution in [-0.4, -0.2) is 18.5 Å². The van der Waals surface area contributed by atoms with Gasteiger partial charge in [0.15, 0.2) is 0 Å². The van der Waals surface area contributed by atoms with Crippen LogP contribution < -0.4 is 5.32 Å². The molecule has 3 heteroatoms. The Hall–Kier alpha value is -0.180. The van der Waals surface area contributed by atoms with E-state index in [9.17, 15) is 8.78 Å². The molecule has 14 heavy (non-hydrogen) atoms. The average Bonchev–Trinajstić information content (AvgIpc) is 2.31. The molecule has 0 aromatic carbocycles. The van der Waals surface area contributed by atoms with E-state index in [0.717, 1.165) is 18.8 Å². The molecular formula is C11H21F2N. The monoisotopic (exact) mass is 205 g/mol. The Morgan fingerprint density at radius 3 is 2.50 bits per heavy atom. The van der Waals surface area contributed by atoms with Crippen molar-refractivity contribution < 1.29 is 8.78 Å². The van der Waals surface area contributed by atoms with Crippen LogP contribution in [0.2, 0.25) is 0 Å². The molecule has 1 nitrogen and oxygen atoms in total. The van der Waals surface area contributed by atoms with Crippen molar-refractivity contribution in [2.45, 2.75) is 64.5 Å². The maximum Gasteiger partial charge on any atom is 0.253 e. The zero-order valence-corrected chi connectivity index (χ0v) is 9.10. The van der Waals surface area contributed by atoms with Crippen molar-refractivity contribution in [3.05, 3.63) is 0 Å². The lowest BCUT2D eigenvalue weighted by molar-refractivity contribution is 0.0984. The van der Waals surface area contributed by atoms with E-state index in [4.69, 9.17) is 0 Å². The van der Waals surface area contributed by atoms with Crippen molar-refractivity contribution in [2.75, 3.05) is 0 Å². The molecule has 0 saturated heterocycles. The van der Waals surface area contributed by atoms with Crippen LogP contribution in [-0.2, 0) is 0 Å². The Morgan fingerprint density at radius 1 is 1.14 bits per heavy atom. The molecule has 84 valence electrons. The highest BCUT2D eigenvalue weighted by Gasteiger charge is 2.21. The van der Waals surface area contributed by atoms with Crippen molar-refractivity contribution in [3.8, 4) is 0 Å². The summed E-state index contributed by atoms with van der Waals surface area (Å²) in [5.74, 6) is 0.767. The standard InChI is InChI=1S/C11H21F2N/c1-8-4-3-5-10(7-6-8)14-9(2)11(12)13/h8-11,14H,3-7H2,1-2H3. The highest BCUT2D eigenvalue weighted by atomic mass is 19.3. The van der Waals surface area contributed by atoms with Gasteiger partial charge in [-0.15, -0.1) is 0 Å². The van der Waals surface area contributed by atoms with Crippen LogP contribution in [0.25, 0.3) is 0 Å². The van der Waals surface area contributed by atoms with E-state index >= 15 is 0 Å². The molecule has 0 bridgehead atoms. The van der Waals surface area contributed by atoms with E-state index in [-0.39, 0.29) is 0 Å². The Kier molecular flexibility index (Phi) is 4.79. The molecule has 0 aliphatic heterocycles. The highest BCUT2D eigenvalue weighted by molar-refractivity contribution is 4.76. The van der Waals surface area contributed by atoms with Gasteiger partial charge in [0, 0.05) is 6.04 Å². The molecule has 3 atom stereocenters. The molecule has 1 aliphatic rings. The van der Waals surface area contributed by atoms with Gasteiger partial charge >= 0.3 is 0 Å². The smallest absolute Gasteiger partial charge is 0.253 e. The molecule has 1 rings (SSSR count). The fourth-order valence-electron chi connectivity index (χ4n) is 2.10. The van der Waals surface area contributed by atoms with Gasteiger partial charge < -0.3 is 5.32 Å². The van der Waals surface area contributed by atoms with E-state index in [1.165, 1.54) is 19.3 Å². The zero-order valence-electron chi connectivity index (χ0n) is 9.10. The van der Waals surface area contributed by atoms with Gasteiger partial charge in [-0.2, -0.15) is 0 Å². The van der Waals surface area contributed by atoms with Crippen LogP contribution in [0.1, 0.15) is 46.0 Å². The van der Waals surface area contributed by atoms with Gasteiger partial charge in [0.2, 0.25) is 0 Å². The van der Waals surface area contributed by atoms with Crippen molar-refractivity contribution in [1.82, 2.24) is 5.32 Å². The third-order valence-corrected chi connectivity index (χ3v) is 3.13. The Labute approximate surface area is 85.3 Å². The number of hydrogen-bond donors (Lipinski definition) is 1. The van der Waals surface area contributed by atoms with Crippen LogP contribution in [0.5, 0.6) is 0 Å². The molecule has 0 aromatic heterocycles. The summed E-state index contributed by atoms with van der Waals surface area (Å²) in [5.41, 5.74) is 0. The molecule has 0 amide bonds. The molecule has 1 aliphatic carbocycles. The fraction of sp³-hybridized carbons (Fsp3) is 1.00. The maximum atomic E-state index is 12.3. The highest BCUT2D eigenvalue weighted by Crippen LogP contribution is 2.23. The predicted molar refractivity (Wildman–Crippen MR) is 54.6 cm³/mol. The quantitative estimate of drug-likeness (QED) is 0.698. The number of nitrogens with one attached hydrogen (secondary N) is 1. The first kappa shape index (κ1) is 11.9. The minimum atomic E-state index is -2.24. The van der Waals surface area contributed by atoms with Crippen LogP contribution in [0.3, 0.4) is 0 Å². The molecule has 0 spiro atoms. The number of hydrogen-bond acceptors (Lipinski definition) is 1. The molecule has 1 saturated carbocycles. The van der Waals surface area contributed by atoms with Crippen molar-refractivity contribution in [3.63, 3.8) is 0 Å². The van der Waals surface area contributed by atoms with Gasteiger partial charge in [0.25, 0.3) is 6.43 Å². The van der Waals surface area contributed by atoms with Crippen LogP contribution in [0, 0.1) is 5.92 Å². The SMILES string of the molecule is CC1CCCC(NC(C)C(F)F)CC1. The van der Waals surface area contributed by atoms with E-state index < -0.39 is 12.5 Å². The largest absolute Gasteiger partial charge is 0.306 e. The van der Waals surface area contributed by atoms with Crippen LogP contribution in [0.4, 0.5) is 8.78 Å². The van der Waals surface area contributed by atoms with E-state index in [0.29, 0.717) is 6.04 Å². The Balaban J connectivity index is 2.30. The summed E-state index contributed by atoms with van der Waals surface area (Å²) < 4.78 is 24.6. The molecule has 0 aromatic rings. The number of rotatable bonds is 3. The van der Waals surface area contributed by atoms with Crippen LogP contribution >= 0.6 is 0 Å². The van der Waals surface area contributed by atoms with E-state index in [1.807, 2.05) is 0 Å². The van der Waals surface area contributed by atoms with Crippen molar-refractivity contribution in [1.29, 1.82) is 0 Å². The second-order valence-corrected chi connectivity index (χ2v) is 4.60. The number of halogens is 2. The average molecular weight is 205 g/mol. The summed E-state index contributed by atoms with van der Waals surface area (Å²) >= 11 is 0. The third kappa shape index (κ3) is 3.91. The third-order valence-electron chi connectivity index (χ3n) is 3.13. The minimum absolute atomic E-state index is 0.309. The molecule has 0 heterocycles. The summed E-state index contributed by atoms with van der Waals surface area (Å²) in [6.07, 6.45) is 3.47. The van der Waals surface area contributed by atoms with Gasteiger partial charge in [0.05, 0.1) is 6.04 Å². The first-order chi connectivity index (χ1) is 6.59. The number of alkyl halides is 2. The summed E-state index contributed by atoms with van der Waals surface area (Å²) in [6.45, 7) is 3.82. The van der Waals surface area contributed by atoms with Gasteiger partial charge in [-0.3, -0.25) is 0 Å². The van der Waals surface area contributed by atoms with Gasteiger partial charge in [-0.25, -0.2) is 8.78 Å². The van der Waals surface area contributed by atoms with E-state index in [1.54, 1.807) is 6.92 Å². The van der Waals surface area contributed by atoms with Crippen molar-refractivity contribution >= 4 is 0 Å². The first-order valence-corrected chi connectivity index (χ1v) is 5.63. The van der Waals surface area contributed by atoms with Gasteiger partial charge in [-0.05, 0) is 32.1 Å². The summed E-state index contributed by atoms with van der Waals surface area (Å²) in [4.78, 5) is 0. The second kappa shape index (κ2) is 5.64. The molecule has 1 N–H and O–H groups in total. The fourth-order valence-corrected chi connectivity index (χ4v) is 2.10.